The summed E-state index contributed by atoms with van der Waals surface area (Å²) in [5.41, 5.74) is 0.682. The van der Waals surface area contributed by atoms with E-state index in [1.165, 1.54) is 6.08 Å². The minimum absolute atomic E-state index is 0.519. The first-order valence-electron chi connectivity index (χ1n) is 2.10. The van der Waals surface area contributed by atoms with Crippen LogP contribution in [0.2, 0.25) is 0 Å². The zero-order valence-corrected chi connectivity index (χ0v) is 4.63. The third-order valence-electron chi connectivity index (χ3n) is 0.481. The van der Waals surface area contributed by atoms with Crippen LogP contribution in [0.4, 0.5) is 0 Å². The fourth-order valence-electron chi connectivity index (χ4n) is 0.188. The molecule has 0 aromatic carbocycles. The molecule has 3 nitrogen and oxygen atoms in total. The number of nitro groups is 1. The fraction of sp³-hybridized carbons (Fsp3) is 0.200. The highest BCUT2D eigenvalue weighted by molar-refractivity contribution is 5.07. The third-order valence-corrected chi connectivity index (χ3v) is 0.481. The topological polar surface area (TPSA) is 43.1 Å². The molecule has 3 heteroatoms. The van der Waals surface area contributed by atoms with Crippen LogP contribution in [0.1, 0.15) is 6.92 Å². The van der Waals surface area contributed by atoms with Crippen molar-refractivity contribution in [3.8, 4) is 0 Å². The van der Waals surface area contributed by atoms with Gasteiger partial charge in [0.05, 0.1) is 4.92 Å². The van der Waals surface area contributed by atoms with Gasteiger partial charge in [-0.2, -0.15) is 0 Å². The van der Waals surface area contributed by atoms with Crippen molar-refractivity contribution in [2.75, 3.05) is 0 Å². The van der Waals surface area contributed by atoms with Crippen molar-refractivity contribution in [2.24, 2.45) is 0 Å². The highest BCUT2D eigenvalue weighted by atomic mass is 16.6. The molecule has 0 amide bonds. The largest absolute Gasteiger partial charge is 0.259 e. The van der Waals surface area contributed by atoms with Crippen molar-refractivity contribution in [3.63, 3.8) is 0 Å². The quantitative estimate of drug-likeness (QED) is 0.308. The second-order valence-electron chi connectivity index (χ2n) is 1.45. The Morgan fingerprint density at radius 3 is 2.50 bits per heavy atom. The van der Waals surface area contributed by atoms with Crippen molar-refractivity contribution in [2.45, 2.75) is 6.92 Å². The fourth-order valence-corrected chi connectivity index (χ4v) is 0.188. The second-order valence-corrected chi connectivity index (χ2v) is 1.45. The molecule has 0 rings (SSSR count). The Bertz CT molecular complexity index is 121. The Kier molecular flexibility index (Phi) is 2.54. The van der Waals surface area contributed by atoms with Crippen LogP contribution in [-0.2, 0) is 0 Å². The lowest BCUT2D eigenvalue weighted by Gasteiger charge is -1.77. The maximum absolute atomic E-state index is 9.58. The Hall–Kier alpha value is -1.12. The summed E-state index contributed by atoms with van der Waals surface area (Å²) < 4.78 is 0. The molecule has 0 aromatic heterocycles. The van der Waals surface area contributed by atoms with Crippen molar-refractivity contribution >= 4 is 0 Å². The van der Waals surface area contributed by atoms with Crippen LogP contribution in [0.5, 0.6) is 0 Å². The van der Waals surface area contributed by atoms with Crippen LogP contribution in [0, 0.1) is 10.1 Å². The van der Waals surface area contributed by atoms with Crippen molar-refractivity contribution < 1.29 is 4.92 Å². The molecule has 0 saturated carbocycles. The van der Waals surface area contributed by atoms with E-state index in [9.17, 15) is 10.1 Å². The molecule has 0 bridgehead atoms. The Morgan fingerprint density at radius 1 is 1.88 bits per heavy atom. The Balaban J connectivity index is 3.67. The van der Waals surface area contributed by atoms with Gasteiger partial charge in [0.2, 0.25) is 6.20 Å². The van der Waals surface area contributed by atoms with Gasteiger partial charge in [-0.05, 0) is 6.92 Å². The lowest BCUT2D eigenvalue weighted by molar-refractivity contribution is -0.402. The van der Waals surface area contributed by atoms with E-state index in [0.717, 1.165) is 6.20 Å². The smallest absolute Gasteiger partial charge is 0.234 e. The maximum Gasteiger partial charge on any atom is 0.234 e. The highest BCUT2D eigenvalue weighted by Gasteiger charge is 1.81. The van der Waals surface area contributed by atoms with E-state index in [2.05, 4.69) is 6.58 Å². The molecule has 0 atom stereocenters. The molecule has 0 aliphatic heterocycles. The number of hydrogen-bond donors (Lipinski definition) is 0. The molecule has 0 aliphatic carbocycles. The first-order valence-corrected chi connectivity index (χ1v) is 2.10. The minimum Gasteiger partial charge on any atom is -0.259 e. The summed E-state index contributed by atoms with van der Waals surface area (Å²) in [6.45, 7) is 5.13. The molecule has 8 heavy (non-hydrogen) atoms. The molecular weight excluding hydrogens is 106 g/mol. The van der Waals surface area contributed by atoms with Crippen molar-refractivity contribution in [1.82, 2.24) is 0 Å². The third kappa shape index (κ3) is 4.88. The summed E-state index contributed by atoms with van der Waals surface area (Å²) in [4.78, 5) is 9.06. The van der Waals surface area contributed by atoms with Gasteiger partial charge >= 0.3 is 0 Å². The molecule has 0 unspecified atom stereocenters. The second kappa shape index (κ2) is 2.96. The molecule has 0 fully saturated rings. The van der Waals surface area contributed by atoms with E-state index in [4.69, 9.17) is 0 Å². The van der Waals surface area contributed by atoms with Crippen LogP contribution in [0.25, 0.3) is 0 Å². The first kappa shape index (κ1) is 6.88. The average molecular weight is 113 g/mol. The molecule has 0 N–H and O–H groups in total. The predicted molar refractivity (Wildman–Crippen MR) is 30.9 cm³/mol. The zero-order valence-electron chi connectivity index (χ0n) is 4.63. The van der Waals surface area contributed by atoms with E-state index in [0.29, 0.717) is 5.57 Å². The molecule has 0 radical (unpaired) electrons. The van der Waals surface area contributed by atoms with Crippen LogP contribution >= 0.6 is 0 Å². The van der Waals surface area contributed by atoms with Gasteiger partial charge < -0.3 is 0 Å². The predicted octanol–water partition coefficient (Wildman–Crippen LogP) is 1.35. The van der Waals surface area contributed by atoms with Gasteiger partial charge in [-0.3, -0.25) is 10.1 Å². The number of allylic oxidation sites excluding steroid dienone is 2. The molecular formula is C5H7NO2. The van der Waals surface area contributed by atoms with Crippen molar-refractivity contribution in [1.29, 1.82) is 0 Å². The van der Waals surface area contributed by atoms with Gasteiger partial charge in [-0.15, -0.1) is 0 Å². The number of nitrogens with zero attached hydrogens (tertiary/aromatic N) is 1. The van der Waals surface area contributed by atoms with Gasteiger partial charge in [0, 0.05) is 6.08 Å². The molecule has 44 valence electrons. The summed E-state index contributed by atoms with van der Waals surface area (Å²) in [5.74, 6) is 0. The Morgan fingerprint density at radius 2 is 2.38 bits per heavy atom. The van der Waals surface area contributed by atoms with Gasteiger partial charge in [0.15, 0.2) is 0 Å². The summed E-state index contributed by atoms with van der Waals surface area (Å²) in [5, 5.41) is 9.58. The van der Waals surface area contributed by atoms with E-state index in [1.807, 2.05) is 0 Å². The summed E-state index contributed by atoms with van der Waals surface area (Å²) >= 11 is 0. The lowest BCUT2D eigenvalue weighted by atomic mass is 10.3. The standard InChI is InChI=1S/C5H7NO2/c1-5(2)3-4-6(7)8/h3-4H,1H2,2H3/b4-3+. The molecule has 0 heterocycles. The average Bonchev–Trinajstić information content (AvgIpc) is 1.61. The summed E-state index contributed by atoms with van der Waals surface area (Å²) in [7, 11) is 0. The minimum atomic E-state index is -0.519. The summed E-state index contributed by atoms with van der Waals surface area (Å²) in [6, 6.07) is 0. The SMILES string of the molecule is C=C(C)/C=C/[N+](=O)[O-]. The van der Waals surface area contributed by atoms with E-state index in [1.54, 1.807) is 6.92 Å². The van der Waals surface area contributed by atoms with E-state index >= 15 is 0 Å². The molecule has 0 saturated heterocycles. The molecule has 0 spiro atoms. The van der Waals surface area contributed by atoms with Crippen LogP contribution in [0.15, 0.2) is 24.4 Å². The number of rotatable bonds is 2. The summed E-state index contributed by atoms with van der Waals surface area (Å²) in [6.07, 6.45) is 2.21. The molecule has 0 aliphatic rings. The Labute approximate surface area is 47.5 Å². The normalized spacial score (nSPS) is 9.62. The van der Waals surface area contributed by atoms with Crippen LogP contribution < -0.4 is 0 Å². The lowest BCUT2D eigenvalue weighted by Crippen LogP contribution is -1.81. The first-order chi connectivity index (χ1) is 3.63. The van der Waals surface area contributed by atoms with Crippen LogP contribution in [0.3, 0.4) is 0 Å². The van der Waals surface area contributed by atoms with Gasteiger partial charge in [-0.1, -0.05) is 12.2 Å². The van der Waals surface area contributed by atoms with E-state index < -0.39 is 4.92 Å². The van der Waals surface area contributed by atoms with Gasteiger partial charge in [-0.25, -0.2) is 0 Å². The monoisotopic (exact) mass is 113 g/mol. The van der Waals surface area contributed by atoms with Crippen molar-refractivity contribution in [3.05, 3.63) is 34.5 Å². The molecule has 0 aromatic rings. The van der Waals surface area contributed by atoms with Gasteiger partial charge in [0.25, 0.3) is 0 Å². The van der Waals surface area contributed by atoms with Gasteiger partial charge in [0.1, 0.15) is 0 Å². The zero-order chi connectivity index (χ0) is 6.57. The van der Waals surface area contributed by atoms with Crippen LogP contribution in [-0.4, -0.2) is 4.92 Å². The maximum atomic E-state index is 9.58. The highest BCUT2D eigenvalue weighted by Crippen LogP contribution is 1.87. The van der Waals surface area contributed by atoms with E-state index in [-0.39, 0.29) is 0 Å². The number of hydrogen-bond acceptors (Lipinski definition) is 2.